The molecule has 1 aliphatic heterocycles. The van der Waals surface area contributed by atoms with Crippen LogP contribution in [-0.4, -0.2) is 30.1 Å². The van der Waals surface area contributed by atoms with Crippen LogP contribution < -0.4 is 5.32 Å². The predicted octanol–water partition coefficient (Wildman–Crippen LogP) is 3.92. The molecule has 124 valence electrons. The number of benzene rings is 1. The van der Waals surface area contributed by atoms with Crippen LogP contribution in [0.2, 0.25) is 10.0 Å². The first-order valence-corrected chi connectivity index (χ1v) is 7.87. The van der Waals surface area contributed by atoms with E-state index in [0.717, 1.165) is 0 Å². The first-order valence-electron chi connectivity index (χ1n) is 7.11. The van der Waals surface area contributed by atoms with Crippen LogP contribution in [0.15, 0.2) is 29.5 Å². The van der Waals surface area contributed by atoms with Gasteiger partial charge in [-0.05, 0) is 38.5 Å². The molecule has 1 heterocycles. The maximum Gasteiger partial charge on any atom is 0.337 e. The van der Waals surface area contributed by atoms with Crippen molar-refractivity contribution in [2.24, 2.45) is 0 Å². The molecule has 1 aromatic rings. The van der Waals surface area contributed by atoms with E-state index in [9.17, 15) is 9.59 Å². The van der Waals surface area contributed by atoms with E-state index >= 15 is 0 Å². The fourth-order valence-corrected chi connectivity index (χ4v) is 3.24. The molecule has 5 nitrogen and oxygen atoms in total. The molecule has 7 heteroatoms. The summed E-state index contributed by atoms with van der Waals surface area (Å²) in [5.74, 6) is -0.510. The number of amides is 2. The van der Waals surface area contributed by atoms with Gasteiger partial charge in [0.25, 0.3) is 0 Å². The number of nitrogens with zero attached hydrogens (tertiary/aromatic N) is 1. The van der Waals surface area contributed by atoms with Crippen molar-refractivity contribution in [3.8, 4) is 0 Å². The van der Waals surface area contributed by atoms with Crippen LogP contribution in [0.5, 0.6) is 0 Å². The molecule has 2 rings (SSSR count). The molecule has 0 spiro atoms. The maximum atomic E-state index is 12.4. The van der Waals surface area contributed by atoms with Gasteiger partial charge in [-0.15, -0.1) is 0 Å². The van der Waals surface area contributed by atoms with Gasteiger partial charge in [-0.25, -0.2) is 9.59 Å². The Morgan fingerprint density at radius 3 is 2.52 bits per heavy atom. The van der Waals surface area contributed by atoms with Crippen LogP contribution in [-0.2, 0) is 9.53 Å². The lowest BCUT2D eigenvalue weighted by Crippen LogP contribution is -2.50. The van der Waals surface area contributed by atoms with Crippen molar-refractivity contribution in [1.82, 2.24) is 10.2 Å². The number of nitrogens with one attached hydrogen (secondary N) is 1. The highest BCUT2D eigenvalue weighted by Gasteiger charge is 2.37. The molecule has 0 unspecified atom stereocenters. The number of esters is 1. The van der Waals surface area contributed by atoms with E-state index in [1.165, 1.54) is 12.0 Å². The molecule has 1 aromatic carbocycles. The Balaban J connectivity index is 2.62. The number of rotatable bonds is 3. The lowest BCUT2D eigenvalue weighted by atomic mass is 9.94. The fraction of sp³-hybridized carbons (Fsp3) is 0.375. The highest BCUT2D eigenvalue weighted by Crippen LogP contribution is 2.36. The van der Waals surface area contributed by atoms with Crippen molar-refractivity contribution in [2.45, 2.75) is 32.9 Å². The summed E-state index contributed by atoms with van der Waals surface area (Å²) >= 11 is 12.2. The highest BCUT2D eigenvalue weighted by molar-refractivity contribution is 6.35. The Bertz CT molecular complexity index is 686. The summed E-state index contributed by atoms with van der Waals surface area (Å²) in [6.45, 7) is 5.46. The summed E-state index contributed by atoms with van der Waals surface area (Å²) in [5.41, 5.74) is 1.49. The summed E-state index contributed by atoms with van der Waals surface area (Å²) in [7, 11) is 1.30. The van der Waals surface area contributed by atoms with Gasteiger partial charge in [0.1, 0.15) is 0 Å². The Kier molecular flexibility index (Phi) is 5.22. The van der Waals surface area contributed by atoms with E-state index in [1.807, 2.05) is 13.8 Å². The van der Waals surface area contributed by atoms with Gasteiger partial charge >= 0.3 is 12.0 Å². The molecule has 0 saturated heterocycles. The average Bonchev–Trinajstić information content (AvgIpc) is 2.45. The molecular weight excluding hydrogens is 339 g/mol. The standard InChI is InChI=1S/C16H18Cl2N2O3/c1-8(2)20-9(3)13(15(21)23-4)14(19-16(20)22)11-6-5-10(17)7-12(11)18/h5-8,14H,1-4H3,(H,19,22)/t14-/m0/s1. The lowest BCUT2D eigenvalue weighted by Gasteiger charge is -2.37. The molecule has 0 fully saturated rings. The second-order valence-electron chi connectivity index (χ2n) is 5.50. The molecule has 0 aliphatic carbocycles. The Hall–Kier alpha value is -1.72. The van der Waals surface area contributed by atoms with Gasteiger partial charge in [-0.2, -0.15) is 0 Å². The molecule has 0 bridgehead atoms. The van der Waals surface area contributed by atoms with Crippen LogP contribution in [0, 0.1) is 0 Å². The number of urea groups is 1. The van der Waals surface area contributed by atoms with E-state index < -0.39 is 12.0 Å². The molecule has 1 atom stereocenters. The average molecular weight is 357 g/mol. The van der Waals surface area contributed by atoms with Gasteiger partial charge < -0.3 is 10.1 Å². The van der Waals surface area contributed by atoms with Crippen molar-refractivity contribution >= 4 is 35.2 Å². The Morgan fingerprint density at radius 2 is 2.00 bits per heavy atom. The van der Waals surface area contributed by atoms with E-state index in [0.29, 0.717) is 26.9 Å². The van der Waals surface area contributed by atoms with Crippen LogP contribution >= 0.6 is 23.2 Å². The minimum Gasteiger partial charge on any atom is -0.466 e. The summed E-state index contributed by atoms with van der Waals surface area (Å²) in [4.78, 5) is 26.2. The molecule has 0 radical (unpaired) electrons. The number of carbonyl (C=O) groups is 2. The van der Waals surface area contributed by atoms with Crippen LogP contribution in [0.25, 0.3) is 0 Å². The summed E-state index contributed by atoms with van der Waals surface area (Å²) in [6.07, 6.45) is 0. The summed E-state index contributed by atoms with van der Waals surface area (Å²) in [5, 5.41) is 3.67. The third-order valence-electron chi connectivity index (χ3n) is 3.72. The van der Waals surface area contributed by atoms with Crippen molar-refractivity contribution < 1.29 is 14.3 Å². The van der Waals surface area contributed by atoms with Gasteiger partial charge in [0.05, 0.1) is 18.7 Å². The number of carbonyl (C=O) groups excluding carboxylic acids is 2. The first kappa shape index (κ1) is 17.6. The summed E-state index contributed by atoms with van der Waals surface area (Å²) < 4.78 is 4.89. The van der Waals surface area contributed by atoms with E-state index in [2.05, 4.69) is 5.32 Å². The highest BCUT2D eigenvalue weighted by atomic mass is 35.5. The predicted molar refractivity (Wildman–Crippen MR) is 89.4 cm³/mol. The van der Waals surface area contributed by atoms with Gasteiger partial charge in [-0.1, -0.05) is 29.3 Å². The monoisotopic (exact) mass is 356 g/mol. The van der Waals surface area contributed by atoms with Gasteiger partial charge in [0.2, 0.25) is 0 Å². The number of hydrogen-bond acceptors (Lipinski definition) is 3. The van der Waals surface area contributed by atoms with Crippen molar-refractivity contribution in [2.75, 3.05) is 7.11 Å². The van der Waals surface area contributed by atoms with Crippen LogP contribution in [0.3, 0.4) is 0 Å². The second kappa shape index (κ2) is 6.81. The lowest BCUT2D eigenvalue weighted by molar-refractivity contribution is -0.136. The molecule has 1 N–H and O–H groups in total. The smallest absolute Gasteiger partial charge is 0.337 e. The van der Waals surface area contributed by atoms with Gasteiger partial charge in [-0.3, -0.25) is 4.90 Å². The Morgan fingerprint density at radius 1 is 1.35 bits per heavy atom. The van der Waals surface area contributed by atoms with Crippen molar-refractivity contribution in [3.05, 3.63) is 45.1 Å². The van der Waals surface area contributed by atoms with Crippen LogP contribution in [0.4, 0.5) is 4.79 Å². The zero-order valence-corrected chi connectivity index (χ0v) is 14.8. The van der Waals surface area contributed by atoms with E-state index in [-0.39, 0.29) is 12.1 Å². The molecular formula is C16H18Cl2N2O3. The van der Waals surface area contributed by atoms with Crippen molar-refractivity contribution in [3.63, 3.8) is 0 Å². The zero-order chi connectivity index (χ0) is 17.3. The van der Waals surface area contributed by atoms with Crippen LogP contribution in [0.1, 0.15) is 32.4 Å². The number of halogens is 2. The van der Waals surface area contributed by atoms with Gasteiger partial charge in [0.15, 0.2) is 0 Å². The summed E-state index contributed by atoms with van der Waals surface area (Å²) in [6, 6.07) is 3.85. The molecule has 1 aliphatic rings. The third kappa shape index (κ3) is 3.31. The number of methoxy groups -OCH3 is 1. The third-order valence-corrected chi connectivity index (χ3v) is 4.28. The molecule has 0 saturated carbocycles. The first-order chi connectivity index (χ1) is 10.8. The topological polar surface area (TPSA) is 58.6 Å². The quantitative estimate of drug-likeness (QED) is 0.835. The number of ether oxygens (including phenoxy) is 1. The normalized spacial score (nSPS) is 18.3. The zero-order valence-electron chi connectivity index (χ0n) is 13.3. The maximum absolute atomic E-state index is 12.4. The molecule has 2 amide bonds. The largest absolute Gasteiger partial charge is 0.466 e. The van der Waals surface area contributed by atoms with Gasteiger partial charge in [0, 0.05) is 21.8 Å². The second-order valence-corrected chi connectivity index (χ2v) is 6.35. The number of allylic oxidation sites excluding steroid dienone is 1. The molecule has 0 aromatic heterocycles. The SMILES string of the molecule is COC(=O)C1=C(C)N(C(C)C)C(=O)N[C@H]1c1ccc(Cl)cc1Cl. The molecule has 23 heavy (non-hydrogen) atoms. The minimum atomic E-state index is -0.685. The van der Waals surface area contributed by atoms with Crippen molar-refractivity contribution in [1.29, 1.82) is 0 Å². The minimum absolute atomic E-state index is 0.101. The Labute approximate surface area is 145 Å². The van der Waals surface area contributed by atoms with E-state index in [4.69, 9.17) is 27.9 Å². The van der Waals surface area contributed by atoms with E-state index in [1.54, 1.807) is 25.1 Å². The fourth-order valence-electron chi connectivity index (χ4n) is 2.72. The number of hydrogen-bond donors (Lipinski definition) is 1.